The van der Waals surface area contributed by atoms with Crippen molar-refractivity contribution in [1.29, 1.82) is 0 Å². The fourth-order valence-electron chi connectivity index (χ4n) is 2.20. The predicted octanol–water partition coefficient (Wildman–Crippen LogP) is -0.619. The van der Waals surface area contributed by atoms with Gasteiger partial charge in [0, 0.05) is 33.2 Å². The fourth-order valence-corrected chi connectivity index (χ4v) is 2.20. The molecule has 0 spiro atoms. The molecular formula is C12H18FN5O2. The van der Waals surface area contributed by atoms with Crippen molar-refractivity contribution < 1.29 is 4.39 Å². The van der Waals surface area contributed by atoms with Gasteiger partial charge >= 0.3 is 5.69 Å². The topological polar surface area (TPSA) is 73.8 Å². The molecule has 0 aromatic carbocycles. The number of aromatic nitrogens is 4. The van der Waals surface area contributed by atoms with Gasteiger partial charge in [-0.2, -0.15) is 0 Å². The first kappa shape index (κ1) is 14.4. The van der Waals surface area contributed by atoms with Crippen LogP contribution in [0.1, 0.15) is 6.92 Å². The van der Waals surface area contributed by atoms with Crippen molar-refractivity contribution in [3.8, 4) is 0 Å². The highest BCUT2D eigenvalue weighted by Gasteiger charge is 2.15. The van der Waals surface area contributed by atoms with E-state index < -0.39 is 12.4 Å². The fraction of sp³-hybridized carbons (Fsp3) is 0.583. The highest BCUT2D eigenvalue weighted by atomic mass is 19.1. The molecule has 0 saturated heterocycles. The summed E-state index contributed by atoms with van der Waals surface area (Å²) >= 11 is 0. The van der Waals surface area contributed by atoms with Crippen molar-refractivity contribution in [2.45, 2.75) is 19.5 Å². The maximum atomic E-state index is 12.2. The normalized spacial score (nSPS) is 13.0. The molecule has 7 nitrogen and oxygen atoms in total. The molecule has 8 heteroatoms. The van der Waals surface area contributed by atoms with E-state index in [2.05, 4.69) is 10.3 Å². The molecule has 2 aromatic heterocycles. The van der Waals surface area contributed by atoms with Crippen LogP contribution < -0.4 is 16.6 Å². The van der Waals surface area contributed by atoms with Gasteiger partial charge in [-0.05, 0) is 6.92 Å². The number of nitrogens with zero attached hydrogens (tertiary/aromatic N) is 4. The van der Waals surface area contributed by atoms with Crippen LogP contribution in [-0.2, 0) is 20.6 Å². The van der Waals surface area contributed by atoms with Crippen LogP contribution in [0, 0.1) is 0 Å². The summed E-state index contributed by atoms with van der Waals surface area (Å²) in [6, 6.07) is -0.00918. The Kier molecular flexibility index (Phi) is 4.03. The van der Waals surface area contributed by atoms with E-state index in [4.69, 9.17) is 0 Å². The Balaban J connectivity index is 2.47. The third-order valence-corrected chi connectivity index (χ3v) is 3.28. The second-order valence-corrected chi connectivity index (χ2v) is 4.82. The summed E-state index contributed by atoms with van der Waals surface area (Å²) in [5.41, 5.74) is -0.0473. The highest BCUT2D eigenvalue weighted by Crippen LogP contribution is 2.06. The quantitative estimate of drug-likeness (QED) is 0.794. The summed E-state index contributed by atoms with van der Waals surface area (Å²) in [5.74, 6) is 0. The molecule has 0 fully saturated rings. The van der Waals surface area contributed by atoms with Gasteiger partial charge in [0.1, 0.15) is 6.67 Å². The number of fused-ring (bicyclic) bond motifs is 1. The minimum absolute atomic E-state index is 0.00918. The van der Waals surface area contributed by atoms with Crippen LogP contribution in [0.5, 0.6) is 0 Å². The summed E-state index contributed by atoms with van der Waals surface area (Å²) < 4.78 is 16.2. The van der Waals surface area contributed by atoms with Gasteiger partial charge in [-0.25, -0.2) is 14.2 Å². The van der Waals surface area contributed by atoms with E-state index in [0.717, 1.165) is 4.57 Å². The van der Waals surface area contributed by atoms with Crippen LogP contribution >= 0.6 is 0 Å². The van der Waals surface area contributed by atoms with Crippen molar-refractivity contribution in [3.05, 3.63) is 27.2 Å². The molecule has 0 radical (unpaired) electrons. The zero-order valence-electron chi connectivity index (χ0n) is 11.8. The summed E-state index contributed by atoms with van der Waals surface area (Å²) in [7, 11) is 3.01. The van der Waals surface area contributed by atoms with Gasteiger partial charge in [0.25, 0.3) is 5.56 Å². The molecule has 20 heavy (non-hydrogen) atoms. The first-order chi connectivity index (χ1) is 9.47. The van der Waals surface area contributed by atoms with Crippen LogP contribution in [0.3, 0.4) is 0 Å². The van der Waals surface area contributed by atoms with Crippen LogP contribution in [0.25, 0.3) is 11.2 Å². The number of aryl methyl sites for hydroxylation is 1. The Morgan fingerprint density at radius 2 is 2.05 bits per heavy atom. The van der Waals surface area contributed by atoms with Gasteiger partial charge in [-0.1, -0.05) is 0 Å². The van der Waals surface area contributed by atoms with E-state index in [1.54, 1.807) is 11.6 Å². The van der Waals surface area contributed by atoms with E-state index in [1.165, 1.54) is 17.9 Å². The Morgan fingerprint density at radius 3 is 2.70 bits per heavy atom. The third kappa shape index (κ3) is 2.38. The van der Waals surface area contributed by atoms with Crippen molar-refractivity contribution in [2.75, 3.05) is 13.2 Å². The van der Waals surface area contributed by atoms with Crippen LogP contribution in [-0.4, -0.2) is 37.9 Å². The molecule has 0 aliphatic rings. The van der Waals surface area contributed by atoms with Crippen LogP contribution in [0.2, 0.25) is 0 Å². The maximum absolute atomic E-state index is 12.2. The van der Waals surface area contributed by atoms with Gasteiger partial charge in [-0.15, -0.1) is 0 Å². The average molecular weight is 283 g/mol. The average Bonchev–Trinajstić information content (AvgIpc) is 2.84. The van der Waals surface area contributed by atoms with E-state index in [9.17, 15) is 14.0 Å². The molecule has 1 atom stereocenters. The number of hydrogen-bond acceptors (Lipinski definition) is 4. The number of hydrogen-bond donors (Lipinski definition) is 1. The zero-order valence-corrected chi connectivity index (χ0v) is 11.8. The molecule has 0 saturated carbocycles. The molecular weight excluding hydrogens is 265 g/mol. The Hall–Kier alpha value is -1.96. The van der Waals surface area contributed by atoms with Gasteiger partial charge in [0.05, 0.1) is 6.33 Å². The molecule has 1 N–H and O–H groups in total. The molecule has 0 bridgehead atoms. The van der Waals surface area contributed by atoms with E-state index in [0.29, 0.717) is 17.7 Å². The summed E-state index contributed by atoms with van der Waals surface area (Å²) in [5, 5.41) is 2.99. The van der Waals surface area contributed by atoms with E-state index in [1.807, 2.05) is 6.92 Å². The molecule has 110 valence electrons. The number of nitrogens with one attached hydrogen (secondary N) is 1. The molecule has 0 aliphatic heterocycles. The SMILES string of the molecule is CC(Cn1cnc2c1c(=O)n(C)c(=O)n2C)NCCF. The summed E-state index contributed by atoms with van der Waals surface area (Å²) in [6.45, 7) is 2.20. The van der Waals surface area contributed by atoms with Gasteiger partial charge < -0.3 is 9.88 Å². The molecule has 2 aromatic rings. The number of imidazole rings is 1. The second-order valence-electron chi connectivity index (χ2n) is 4.82. The molecule has 0 aliphatic carbocycles. The Morgan fingerprint density at radius 1 is 1.35 bits per heavy atom. The Labute approximate surface area is 114 Å². The van der Waals surface area contributed by atoms with Gasteiger partial charge in [0.2, 0.25) is 0 Å². The number of rotatable bonds is 5. The lowest BCUT2D eigenvalue weighted by atomic mass is 10.3. The molecule has 1 unspecified atom stereocenters. The predicted molar refractivity (Wildman–Crippen MR) is 73.7 cm³/mol. The van der Waals surface area contributed by atoms with Crippen LogP contribution in [0.4, 0.5) is 4.39 Å². The number of alkyl halides is 1. The van der Waals surface area contributed by atoms with E-state index >= 15 is 0 Å². The molecule has 2 heterocycles. The zero-order chi connectivity index (χ0) is 14.9. The standard InChI is InChI=1S/C12H18FN5O2/c1-8(14-5-4-13)6-18-7-15-10-9(18)11(19)17(3)12(20)16(10)2/h7-8,14H,4-6H2,1-3H3. The molecule has 2 rings (SSSR count). The first-order valence-corrected chi connectivity index (χ1v) is 6.37. The lowest BCUT2D eigenvalue weighted by Crippen LogP contribution is -2.38. The monoisotopic (exact) mass is 283 g/mol. The van der Waals surface area contributed by atoms with E-state index in [-0.39, 0.29) is 18.1 Å². The second kappa shape index (κ2) is 5.58. The van der Waals surface area contributed by atoms with Crippen molar-refractivity contribution in [3.63, 3.8) is 0 Å². The van der Waals surface area contributed by atoms with Crippen LogP contribution in [0.15, 0.2) is 15.9 Å². The minimum atomic E-state index is -0.439. The first-order valence-electron chi connectivity index (χ1n) is 6.37. The maximum Gasteiger partial charge on any atom is 0.332 e. The number of halogens is 1. The van der Waals surface area contributed by atoms with Gasteiger partial charge in [0.15, 0.2) is 11.2 Å². The lowest BCUT2D eigenvalue weighted by molar-refractivity contribution is 0.418. The molecule has 0 amide bonds. The van der Waals surface area contributed by atoms with Crippen molar-refractivity contribution >= 4 is 11.2 Å². The largest absolute Gasteiger partial charge is 0.332 e. The smallest absolute Gasteiger partial charge is 0.323 e. The van der Waals surface area contributed by atoms with Crippen molar-refractivity contribution in [2.24, 2.45) is 14.1 Å². The highest BCUT2D eigenvalue weighted by molar-refractivity contribution is 5.69. The summed E-state index contributed by atoms with van der Waals surface area (Å²) in [6.07, 6.45) is 1.53. The van der Waals surface area contributed by atoms with Gasteiger partial charge in [-0.3, -0.25) is 13.9 Å². The van der Waals surface area contributed by atoms with Crippen molar-refractivity contribution in [1.82, 2.24) is 24.0 Å². The Bertz CT molecular complexity index is 730. The lowest BCUT2D eigenvalue weighted by Gasteiger charge is -2.14. The summed E-state index contributed by atoms with van der Waals surface area (Å²) in [4.78, 5) is 28.1. The third-order valence-electron chi connectivity index (χ3n) is 3.28. The minimum Gasteiger partial charge on any atom is -0.323 e.